The lowest BCUT2D eigenvalue weighted by Crippen LogP contribution is -2.36. The predicted octanol–water partition coefficient (Wildman–Crippen LogP) is 4.90. The Labute approximate surface area is 186 Å². The highest BCUT2D eigenvalue weighted by atomic mass is 32.1. The SMILES string of the molecule is O=C(O)COc1cccc(C=Nc2sc3c(c2C(=O)NC2CCCCC2)CCCC3)c1. The van der Waals surface area contributed by atoms with Gasteiger partial charge in [-0.2, -0.15) is 0 Å². The van der Waals surface area contributed by atoms with Crippen LogP contribution in [0.5, 0.6) is 5.75 Å². The van der Waals surface area contributed by atoms with Crippen molar-refractivity contribution >= 4 is 34.4 Å². The minimum absolute atomic E-state index is 0.0111. The summed E-state index contributed by atoms with van der Waals surface area (Å²) in [6, 6.07) is 7.41. The summed E-state index contributed by atoms with van der Waals surface area (Å²) in [5.41, 5.74) is 2.72. The molecule has 31 heavy (non-hydrogen) atoms. The first-order valence-corrected chi connectivity index (χ1v) is 11.9. The van der Waals surface area contributed by atoms with Crippen LogP contribution in [0.4, 0.5) is 5.00 Å². The predicted molar refractivity (Wildman–Crippen MR) is 122 cm³/mol. The van der Waals surface area contributed by atoms with Gasteiger partial charge in [0.15, 0.2) is 6.61 Å². The lowest BCUT2D eigenvalue weighted by molar-refractivity contribution is -0.139. The monoisotopic (exact) mass is 440 g/mol. The van der Waals surface area contributed by atoms with Crippen molar-refractivity contribution in [3.8, 4) is 5.75 Å². The average molecular weight is 441 g/mol. The Morgan fingerprint density at radius 1 is 1.16 bits per heavy atom. The van der Waals surface area contributed by atoms with Crippen LogP contribution in [0.1, 0.15) is 71.3 Å². The lowest BCUT2D eigenvalue weighted by Gasteiger charge is -2.23. The number of carboxylic acids is 1. The van der Waals surface area contributed by atoms with E-state index in [1.165, 1.54) is 29.7 Å². The van der Waals surface area contributed by atoms with E-state index in [-0.39, 0.29) is 18.6 Å². The van der Waals surface area contributed by atoms with E-state index in [9.17, 15) is 9.59 Å². The summed E-state index contributed by atoms with van der Waals surface area (Å²) in [5, 5.41) is 12.8. The van der Waals surface area contributed by atoms with Gasteiger partial charge in [-0.15, -0.1) is 11.3 Å². The fraction of sp³-hybridized carbons (Fsp3) is 0.458. The highest BCUT2D eigenvalue weighted by molar-refractivity contribution is 7.16. The first-order valence-electron chi connectivity index (χ1n) is 11.0. The van der Waals surface area contributed by atoms with Crippen LogP contribution in [0.3, 0.4) is 0 Å². The second-order valence-electron chi connectivity index (χ2n) is 8.21. The zero-order valence-electron chi connectivity index (χ0n) is 17.6. The minimum Gasteiger partial charge on any atom is -0.482 e. The van der Waals surface area contributed by atoms with Crippen molar-refractivity contribution in [3.05, 3.63) is 45.8 Å². The summed E-state index contributed by atoms with van der Waals surface area (Å²) in [5.74, 6) is -0.527. The summed E-state index contributed by atoms with van der Waals surface area (Å²) >= 11 is 1.62. The maximum Gasteiger partial charge on any atom is 0.341 e. The van der Waals surface area contributed by atoms with Crippen molar-refractivity contribution in [2.75, 3.05) is 6.61 Å². The third kappa shape index (κ3) is 5.53. The summed E-state index contributed by atoms with van der Waals surface area (Å²) in [7, 11) is 0. The van der Waals surface area contributed by atoms with Crippen molar-refractivity contribution in [2.24, 2.45) is 4.99 Å². The zero-order chi connectivity index (χ0) is 21.6. The number of hydrogen-bond donors (Lipinski definition) is 2. The third-order valence-electron chi connectivity index (χ3n) is 5.87. The average Bonchev–Trinajstić information content (AvgIpc) is 3.16. The molecule has 2 aliphatic carbocycles. The molecule has 0 atom stereocenters. The quantitative estimate of drug-likeness (QED) is 0.599. The molecular weight excluding hydrogens is 412 g/mol. The summed E-state index contributed by atoms with van der Waals surface area (Å²) in [4.78, 5) is 29.9. The number of nitrogens with one attached hydrogen (secondary N) is 1. The number of aliphatic carboxylic acids is 1. The fourth-order valence-corrected chi connectivity index (χ4v) is 5.57. The van der Waals surface area contributed by atoms with E-state index < -0.39 is 5.97 Å². The van der Waals surface area contributed by atoms with Crippen LogP contribution >= 0.6 is 11.3 Å². The first kappa shape index (κ1) is 21.6. The Kier molecular flexibility index (Phi) is 7.02. The summed E-state index contributed by atoms with van der Waals surface area (Å²) in [6.45, 7) is -0.385. The summed E-state index contributed by atoms with van der Waals surface area (Å²) in [6.07, 6.45) is 11.7. The number of carboxylic acid groups (broad SMARTS) is 1. The van der Waals surface area contributed by atoms with E-state index in [1.54, 1.807) is 35.8 Å². The van der Waals surface area contributed by atoms with E-state index >= 15 is 0 Å². The molecule has 164 valence electrons. The van der Waals surface area contributed by atoms with Gasteiger partial charge in [0.05, 0.1) is 5.56 Å². The number of thiophene rings is 1. The van der Waals surface area contributed by atoms with Crippen LogP contribution in [-0.2, 0) is 17.6 Å². The molecule has 1 saturated carbocycles. The Hall–Kier alpha value is -2.67. The van der Waals surface area contributed by atoms with Crippen LogP contribution in [0.15, 0.2) is 29.3 Å². The second kappa shape index (κ2) is 10.1. The van der Waals surface area contributed by atoms with Gasteiger partial charge in [-0.25, -0.2) is 9.79 Å². The van der Waals surface area contributed by atoms with E-state index in [0.29, 0.717) is 5.75 Å². The molecule has 0 unspecified atom stereocenters. The molecule has 4 rings (SSSR count). The molecule has 1 fully saturated rings. The van der Waals surface area contributed by atoms with Crippen molar-refractivity contribution in [3.63, 3.8) is 0 Å². The van der Waals surface area contributed by atoms with Crippen molar-refractivity contribution in [2.45, 2.75) is 63.8 Å². The number of aliphatic imine (C=N–C) groups is 1. The molecule has 6 nitrogen and oxygen atoms in total. The molecule has 0 radical (unpaired) electrons. The molecule has 2 aromatic rings. The van der Waals surface area contributed by atoms with Crippen LogP contribution in [-0.4, -0.2) is 35.8 Å². The molecule has 1 aromatic carbocycles. The Balaban J connectivity index is 1.56. The van der Waals surface area contributed by atoms with Gasteiger partial charge < -0.3 is 15.2 Å². The number of nitrogens with zero attached hydrogens (tertiary/aromatic N) is 1. The molecular formula is C24H28N2O4S. The number of carbonyl (C=O) groups excluding carboxylic acids is 1. The fourth-order valence-electron chi connectivity index (χ4n) is 4.34. The number of hydrogen-bond acceptors (Lipinski definition) is 5. The highest BCUT2D eigenvalue weighted by Crippen LogP contribution is 2.40. The first-order chi connectivity index (χ1) is 15.1. The van der Waals surface area contributed by atoms with Crippen LogP contribution in [0, 0.1) is 0 Å². The van der Waals surface area contributed by atoms with Crippen LogP contribution in [0.2, 0.25) is 0 Å². The van der Waals surface area contributed by atoms with Crippen molar-refractivity contribution in [1.29, 1.82) is 0 Å². The molecule has 0 aliphatic heterocycles. The second-order valence-corrected chi connectivity index (χ2v) is 9.30. The van der Waals surface area contributed by atoms with E-state index in [2.05, 4.69) is 5.32 Å². The van der Waals surface area contributed by atoms with Gasteiger partial charge in [0.25, 0.3) is 5.91 Å². The smallest absolute Gasteiger partial charge is 0.341 e. The zero-order valence-corrected chi connectivity index (χ0v) is 18.4. The molecule has 0 bridgehead atoms. The topological polar surface area (TPSA) is 88.0 Å². The lowest BCUT2D eigenvalue weighted by atomic mass is 9.93. The van der Waals surface area contributed by atoms with Gasteiger partial charge in [0, 0.05) is 17.1 Å². The number of aryl methyl sites for hydroxylation is 1. The van der Waals surface area contributed by atoms with E-state index in [4.69, 9.17) is 14.8 Å². The third-order valence-corrected chi connectivity index (χ3v) is 7.07. The van der Waals surface area contributed by atoms with Gasteiger partial charge in [-0.1, -0.05) is 31.4 Å². The molecule has 0 saturated heterocycles. The number of ether oxygens (including phenoxy) is 1. The molecule has 0 spiro atoms. The molecule has 1 amide bonds. The maximum absolute atomic E-state index is 13.2. The standard InChI is InChI=1S/C24H28N2O4S/c27-21(28)15-30-18-10-6-7-16(13-18)14-25-24-22(19-11-4-5-12-20(19)31-24)23(29)26-17-8-2-1-3-9-17/h6-7,10,13-14,17H,1-5,8-9,11-12,15H2,(H,26,29)(H,27,28). The number of rotatable bonds is 7. The largest absolute Gasteiger partial charge is 0.482 e. The summed E-state index contributed by atoms with van der Waals surface area (Å²) < 4.78 is 5.25. The minimum atomic E-state index is -1.02. The van der Waals surface area contributed by atoms with E-state index in [0.717, 1.165) is 54.7 Å². The Bertz CT molecular complexity index is 976. The highest BCUT2D eigenvalue weighted by Gasteiger charge is 2.27. The number of benzene rings is 1. The van der Waals surface area contributed by atoms with Crippen LogP contribution < -0.4 is 10.1 Å². The number of fused-ring (bicyclic) bond motifs is 1. The Morgan fingerprint density at radius 3 is 2.77 bits per heavy atom. The van der Waals surface area contributed by atoms with Gasteiger partial charge >= 0.3 is 5.97 Å². The molecule has 2 aliphatic rings. The normalized spacial score (nSPS) is 16.8. The van der Waals surface area contributed by atoms with E-state index in [1.807, 2.05) is 6.07 Å². The number of carbonyl (C=O) groups is 2. The molecule has 2 N–H and O–H groups in total. The molecule has 1 aromatic heterocycles. The van der Waals surface area contributed by atoms with Gasteiger partial charge in [0.1, 0.15) is 10.8 Å². The molecule has 1 heterocycles. The van der Waals surface area contributed by atoms with Gasteiger partial charge in [-0.3, -0.25) is 4.79 Å². The van der Waals surface area contributed by atoms with Crippen LogP contribution in [0.25, 0.3) is 0 Å². The Morgan fingerprint density at radius 2 is 1.97 bits per heavy atom. The maximum atomic E-state index is 13.2. The number of amides is 1. The van der Waals surface area contributed by atoms with Crippen molar-refractivity contribution in [1.82, 2.24) is 5.32 Å². The van der Waals surface area contributed by atoms with Crippen molar-refractivity contribution < 1.29 is 19.4 Å². The van der Waals surface area contributed by atoms with Gasteiger partial charge in [-0.05, 0) is 61.8 Å². The van der Waals surface area contributed by atoms with Gasteiger partial charge in [0.2, 0.25) is 0 Å². The molecule has 7 heteroatoms.